The molecule has 0 radical (unpaired) electrons. The highest BCUT2D eigenvalue weighted by Crippen LogP contribution is 2.51. The number of hydrogen-bond acceptors (Lipinski definition) is 4. The summed E-state index contributed by atoms with van der Waals surface area (Å²) in [5, 5.41) is 10.4. The third-order valence-corrected chi connectivity index (χ3v) is 3.75. The van der Waals surface area contributed by atoms with Crippen LogP contribution in [0.5, 0.6) is 0 Å². The molecule has 4 heteroatoms. The van der Waals surface area contributed by atoms with Crippen LogP contribution in [-0.2, 0) is 9.47 Å². The molecule has 0 bridgehead atoms. The van der Waals surface area contributed by atoms with E-state index in [1.807, 2.05) is 20.8 Å². The van der Waals surface area contributed by atoms with Gasteiger partial charge in [0.25, 0.3) is 5.79 Å². The molecule has 3 atom stereocenters. The molecular formula is C11H18O4. The zero-order valence-electron chi connectivity index (χ0n) is 9.45. The van der Waals surface area contributed by atoms with Crippen LogP contribution < -0.4 is 0 Å². The molecule has 1 heterocycles. The normalized spacial score (nSPS) is 44.9. The van der Waals surface area contributed by atoms with Gasteiger partial charge in [0.15, 0.2) is 5.60 Å². The highest BCUT2D eigenvalue weighted by molar-refractivity contribution is 5.64. The van der Waals surface area contributed by atoms with Crippen LogP contribution in [-0.4, -0.2) is 22.7 Å². The average Bonchev–Trinajstić information content (AvgIpc) is 2.35. The molecule has 4 nitrogen and oxygen atoms in total. The van der Waals surface area contributed by atoms with Crippen LogP contribution in [0.3, 0.4) is 0 Å². The minimum Gasteiger partial charge on any atom is -0.420 e. The van der Waals surface area contributed by atoms with Crippen molar-refractivity contribution < 1.29 is 19.4 Å². The number of carbonyl (C=O) groups excluding carboxylic acids is 1. The van der Waals surface area contributed by atoms with Gasteiger partial charge in [0, 0.05) is 6.42 Å². The van der Waals surface area contributed by atoms with Gasteiger partial charge in [0.05, 0.1) is 0 Å². The third-order valence-electron chi connectivity index (χ3n) is 3.75. The van der Waals surface area contributed by atoms with Crippen molar-refractivity contribution in [2.24, 2.45) is 11.8 Å². The van der Waals surface area contributed by atoms with Crippen LogP contribution in [0, 0.1) is 11.8 Å². The summed E-state index contributed by atoms with van der Waals surface area (Å²) in [7, 11) is 0. The van der Waals surface area contributed by atoms with Gasteiger partial charge in [0.2, 0.25) is 0 Å². The number of hydrogen-bond donors (Lipinski definition) is 1. The van der Waals surface area contributed by atoms with E-state index in [0.29, 0.717) is 18.8 Å². The molecule has 0 spiro atoms. The molecule has 0 aromatic carbocycles. The van der Waals surface area contributed by atoms with E-state index in [9.17, 15) is 9.90 Å². The maximum absolute atomic E-state index is 11.2. The maximum Gasteiger partial charge on any atom is 0.511 e. The maximum atomic E-state index is 11.2. The van der Waals surface area contributed by atoms with Crippen molar-refractivity contribution in [3.8, 4) is 0 Å². The van der Waals surface area contributed by atoms with E-state index in [1.54, 1.807) is 0 Å². The molecule has 0 amide bonds. The second-order valence-corrected chi connectivity index (χ2v) is 5.13. The van der Waals surface area contributed by atoms with E-state index in [0.717, 1.165) is 6.42 Å². The lowest BCUT2D eigenvalue weighted by atomic mass is 9.69. The Kier molecular flexibility index (Phi) is 2.23. The lowest BCUT2D eigenvalue weighted by molar-refractivity contribution is -0.246. The molecule has 1 N–H and O–H groups in total. The summed E-state index contributed by atoms with van der Waals surface area (Å²) in [6, 6.07) is 0. The van der Waals surface area contributed by atoms with Crippen LogP contribution in [0.25, 0.3) is 0 Å². The minimum absolute atomic E-state index is 0.0569. The van der Waals surface area contributed by atoms with Crippen LogP contribution in [0.15, 0.2) is 0 Å². The van der Waals surface area contributed by atoms with E-state index < -0.39 is 17.5 Å². The van der Waals surface area contributed by atoms with E-state index in [-0.39, 0.29) is 5.92 Å². The Morgan fingerprint density at radius 1 is 1.47 bits per heavy atom. The molecule has 0 aromatic rings. The number of carbonyl (C=O) groups is 1. The molecule has 2 rings (SSSR count). The molecule has 1 saturated heterocycles. The molecule has 15 heavy (non-hydrogen) atoms. The average molecular weight is 214 g/mol. The molecule has 2 fully saturated rings. The third kappa shape index (κ3) is 1.34. The van der Waals surface area contributed by atoms with Crippen LogP contribution in [0.4, 0.5) is 4.79 Å². The zero-order chi connectivity index (χ0) is 11.3. The van der Waals surface area contributed by atoms with Gasteiger partial charge in [-0.25, -0.2) is 4.79 Å². The van der Waals surface area contributed by atoms with Gasteiger partial charge in [-0.15, -0.1) is 0 Å². The summed E-state index contributed by atoms with van der Waals surface area (Å²) in [6.45, 7) is 5.94. The van der Waals surface area contributed by atoms with Gasteiger partial charge in [-0.05, 0) is 24.7 Å². The number of rotatable bonds is 1. The molecule has 1 aliphatic heterocycles. The predicted molar refractivity (Wildman–Crippen MR) is 53.1 cm³/mol. The first-order chi connectivity index (χ1) is 6.90. The molecule has 0 unspecified atom stereocenters. The van der Waals surface area contributed by atoms with Crippen molar-refractivity contribution in [2.45, 2.75) is 51.4 Å². The molecule has 1 aliphatic carbocycles. The SMILES string of the molecule is CC(C)[C@@]12CC[C@@H](C)C[C@@]1(O)OC(=O)O2. The largest absolute Gasteiger partial charge is 0.511 e. The van der Waals surface area contributed by atoms with Gasteiger partial charge in [-0.1, -0.05) is 20.8 Å². The standard InChI is InChI=1S/C11H18O4/c1-7(2)10-5-4-8(3)6-11(10,13)15-9(12)14-10/h7-8,13H,4-6H2,1-3H3/t8-,10+,11-/m1/s1. The van der Waals surface area contributed by atoms with E-state index in [2.05, 4.69) is 0 Å². The smallest absolute Gasteiger partial charge is 0.420 e. The second kappa shape index (κ2) is 3.11. The van der Waals surface area contributed by atoms with Gasteiger partial charge < -0.3 is 14.6 Å². The Morgan fingerprint density at radius 2 is 2.13 bits per heavy atom. The van der Waals surface area contributed by atoms with Gasteiger partial charge >= 0.3 is 6.16 Å². The van der Waals surface area contributed by atoms with Crippen molar-refractivity contribution in [3.05, 3.63) is 0 Å². The Morgan fingerprint density at radius 3 is 2.73 bits per heavy atom. The van der Waals surface area contributed by atoms with Crippen LogP contribution in [0.1, 0.15) is 40.0 Å². The summed E-state index contributed by atoms with van der Waals surface area (Å²) in [5.74, 6) is -1.01. The number of aliphatic hydroxyl groups is 1. The van der Waals surface area contributed by atoms with Crippen molar-refractivity contribution >= 4 is 6.16 Å². The second-order valence-electron chi connectivity index (χ2n) is 5.13. The lowest BCUT2D eigenvalue weighted by Gasteiger charge is -2.45. The summed E-state index contributed by atoms with van der Waals surface area (Å²) in [6.07, 6.45) is 1.36. The Hall–Kier alpha value is -0.770. The van der Waals surface area contributed by atoms with E-state index >= 15 is 0 Å². The van der Waals surface area contributed by atoms with Crippen molar-refractivity contribution in [3.63, 3.8) is 0 Å². The van der Waals surface area contributed by atoms with E-state index in [4.69, 9.17) is 9.47 Å². The number of ether oxygens (including phenoxy) is 2. The molecular weight excluding hydrogens is 196 g/mol. The highest BCUT2D eigenvalue weighted by atomic mass is 16.8. The summed E-state index contributed by atoms with van der Waals surface area (Å²) < 4.78 is 10.2. The van der Waals surface area contributed by atoms with Crippen molar-refractivity contribution in [2.75, 3.05) is 0 Å². The summed E-state index contributed by atoms with van der Waals surface area (Å²) in [4.78, 5) is 11.2. The quantitative estimate of drug-likeness (QED) is 0.679. The van der Waals surface area contributed by atoms with Gasteiger partial charge in [0.1, 0.15) is 0 Å². The van der Waals surface area contributed by atoms with Crippen molar-refractivity contribution in [1.29, 1.82) is 0 Å². The monoisotopic (exact) mass is 214 g/mol. The number of fused-ring (bicyclic) bond motifs is 1. The van der Waals surface area contributed by atoms with Crippen molar-refractivity contribution in [1.82, 2.24) is 0 Å². The zero-order valence-corrected chi connectivity index (χ0v) is 9.45. The highest BCUT2D eigenvalue weighted by Gasteiger charge is 2.66. The minimum atomic E-state index is -1.42. The Bertz CT molecular complexity index is 288. The van der Waals surface area contributed by atoms with Gasteiger partial charge in [-0.3, -0.25) is 0 Å². The summed E-state index contributed by atoms with van der Waals surface area (Å²) in [5.41, 5.74) is -0.837. The first-order valence-electron chi connectivity index (χ1n) is 5.54. The molecule has 1 saturated carbocycles. The van der Waals surface area contributed by atoms with Crippen LogP contribution >= 0.6 is 0 Å². The van der Waals surface area contributed by atoms with Gasteiger partial charge in [-0.2, -0.15) is 0 Å². The first kappa shape index (κ1) is 10.7. The lowest BCUT2D eigenvalue weighted by Crippen LogP contribution is -2.58. The Labute approximate surface area is 89.6 Å². The van der Waals surface area contributed by atoms with E-state index in [1.165, 1.54) is 0 Å². The predicted octanol–water partition coefficient (Wildman–Crippen LogP) is 2.06. The fourth-order valence-electron chi connectivity index (χ4n) is 2.83. The molecule has 0 aromatic heterocycles. The first-order valence-corrected chi connectivity index (χ1v) is 5.54. The summed E-state index contributed by atoms with van der Waals surface area (Å²) >= 11 is 0. The molecule has 2 aliphatic rings. The fraction of sp³-hybridized carbons (Fsp3) is 0.909. The fourth-order valence-corrected chi connectivity index (χ4v) is 2.83. The van der Waals surface area contributed by atoms with Crippen LogP contribution in [0.2, 0.25) is 0 Å². The Balaban J connectivity index is 2.36. The molecule has 86 valence electrons. The topological polar surface area (TPSA) is 55.8 Å².